The second-order valence-electron chi connectivity index (χ2n) is 4.28. The number of hydrogen-bond donors (Lipinski definition) is 2. The van der Waals surface area contributed by atoms with Crippen molar-refractivity contribution < 1.29 is 9.53 Å². The fraction of sp³-hybridized carbons (Fsp3) is 0.500. The lowest BCUT2D eigenvalue weighted by Gasteiger charge is -2.18. The standard InChI is InChI=1S/C14H22N2O2/c1-3-7-12(15)14(17)16-10-13(18-2)11-8-5-4-6-9-11/h4-6,8-9,12-13H,3,7,10,15H2,1-2H3,(H,16,17). The Bertz CT molecular complexity index is 354. The molecule has 4 nitrogen and oxygen atoms in total. The summed E-state index contributed by atoms with van der Waals surface area (Å²) in [6.45, 7) is 2.45. The first kappa shape index (κ1) is 14.7. The lowest BCUT2D eigenvalue weighted by atomic mass is 10.1. The molecule has 0 radical (unpaired) electrons. The van der Waals surface area contributed by atoms with E-state index in [-0.39, 0.29) is 12.0 Å². The zero-order valence-corrected chi connectivity index (χ0v) is 11.1. The molecule has 4 heteroatoms. The molecule has 1 amide bonds. The number of hydrogen-bond acceptors (Lipinski definition) is 3. The van der Waals surface area contributed by atoms with Gasteiger partial charge in [0.25, 0.3) is 0 Å². The van der Waals surface area contributed by atoms with Crippen LogP contribution >= 0.6 is 0 Å². The Morgan fingerprint density at radius 3 is 2.61 bits per heavy atom. The SMILES string of the molecule is CCCC(N)C(=O)NCC(OC)c1ccccc1. The normalized spacial score (nSPS) is 13.9. The van der Waals surface area contributed by atoms with E-state index in [1.54, 1.807) is 7.11 Å². The van der Waals surface area contributed by atoms with Crippen LogP contribution in [-0.2, 0) is 9.53 Å². The van der Waals surface area contributed by atoms with Crippen LogP contribution in [0.15, 0.2) is 30.3 Å². The van der Waals surface area contributed by atoms with Crippen LogP contribution in [-0.4, -0.2) is 25.6 Å². The van der Waals surface area contributed by atoms with Gasteiger partial charge in [-0.15, -0.1) is 0 Å². The van der Waals surface area contributed by atoms with E-state index in [2.05, 4.69) is 5.32 Å². The third-order valence-corrected chi connectivity index (χ3v) is 2.85. The Morgan fingerprint density at radius 1 is 1.39 bits per heavy atom. The number of nitrogens with two attached hydrogens (primary N) is 1. The van der Waals surface area contributed by atoms with Gasteiger partial charge in [0.1, 0.15) is 0 Å². The number of methoxy groups -OCH3 is 1. The molecule has 0 aliphatic rings. The van der Waals surface area contributed by atoms with Crippen molar-refractivity contribution in [2.24, 2.45) is 5.73 Å². The summed E-state index contributed by atoms with van der Waals surface area (Å²) < 4.78 is 5.37. The molecule has 3 N–H and O–H groups in total. The van der Waals surface area contributed by atoms with Crippen LogP contribution in [0.25, 0.3) is 0 Å². The van der Waals surface area contributed by atoms with E-state index < -0.39 is 6.04 Å². The maximum Gasteiger partial charge on any atom is 0.237 e. The number of nitrogens with one attached hydrogen (secondary N) is 1. The van der Waals surface area contributed by atoms with Crippen LogP contribution in [0.2, 0.25) is 0 Å². The Balaban J connectivity index is 2.48. The quantitative estimate of drug-likeness (QED) is 0.773. The molecule has 0 aromatic heterocycles. The van der Waals surface area contributed by atoms with Gasteiger partial charge in [-0.1, -0.05) is 43.7 Å². The van der Waals surface area contributed by atoms with Gasteiger partial charge in [-0.2, -0.15) is 0 Å². The fourth-order valence-corrected chi connectivity index (χ4v) is 1.77. The van der Waals surface area contributed by atoms with E-state index in [1.165, 1.54) is 0 Å². The summed E-state index contributed by atoms with van der Waals surface area (Å²) in [6, 6.07) is 9.38. The van der Waals surface area contributed by atoms with Gasteiger partial charge in [0.15, 0.2) is 0 Å². The molecule has 1 aromatic carbocycles. The van der Waals surface area contributed by atoms with Gasteiger partial charge < -0.3 is 15.8 Å². The Hall–Kier alpha value is -1.39. The molecule has 2 atom stereocenters. The Kier molecular flexibility index (Phi) is 6.39. The van der Waals surface area contributed by atoms with Crippen LogP contribution in [0.1, 0.15) is 31.4 Å². The van der Waals surface area contributed by atoms with E-state index in [9.17, 15) is 4.79 Å². The van der Waals surface area contributed by atoms with Gasteiger partial charge in [-0.05, 0) is 12.0 Å². The lowest BCUT2D eigenvalue weighted by Crippen LogP contribution is -2.42. The minimum Gasteiger partial charge on any atom is -0.375 e. The smallest absolute Gasteiger partial charge is 0.237 e. The number of rotatable bonds is 7. The van der Waals surface area contributed by atoms with Gasteiger partial charge in [-0.3, -0.25) is 4.79 Å². The second kappa shape index (κ2) is 7.84. The number of amides is 1. The summed E-state index contributed by atoms with van der Waals surface area (Å²) in [5, 5.41) is 2.83. The highest BCUT2D eigenvalue weighted by Crippen LogP contribution is 2.14. The predicted octanol–water partition coefficient (Wildman–Crippen LogP) is 1.62. The number of carbonyl (C=O) groups excluding carboxylic acids is 1. The average Bonchev–Trinajstić information content (AvgIpc) is 2.40. The van der Waals surface area contributed by atoms with Crippen molar-refractivity contribution in [2.75, 3.05) is 13.7 Å². The molecule has 0 aliphatic carbocycles. The molecule has 0 spiro atoms. The average molecular weight is 250 g/mol. The molecule has 0 fully saturated rings. The zero-order valence-electron chi connectivity index (χ0n) is 11.1. The number of carbonyl (C=O) groups is 1. The highest BCUT2D eigenvalue weighted by atomic mass is 16.5. The number of benzene rings is 1. The van der Waals surface area contributed by atoms with E-state index in [0.29, 0.717) is 13.0 Å². The monoisotopic (exact) mass is 250 g/mol. The van der Waals surface area contributed by atoms with Crippen LogP contribution in [0, 0.1) is 0 Å². The molecule has 100 valence electrons. The van der Waals surface area contributed by atoms with Gasteiger partial charge >= 0.3 is 0 Å². The second-order valence-corrected chi connectivity index (χ2v) is 4.28. The fourth-order valence-electron chi connectivity index (χ4n) is 1.77. The van der Waals surface area contributed by atoms with Crippen molar-refractivity contribution in [3.8, 4) is 0 Å². The summed E-state index contributed by atoms with van der Waals surface area (Å²) in [5.41, 5.74) is 6.79. The minimum absolute atomic E-state index is 0.116. The summed E-state index contributed by atoms with van der Waals surface area (Å²) in [4.78, 5) is 11.7. The first-order valence-corrected chi connectivity index (χ1v) is 6.30. The molecule has 0 heterocycles. The van der Waals surface area contributed by atoms with Crippen molar-refractivity contribution >= 4 is 5.91 Å². The number of ether oxygens (including phenoxy) is 1. The van der Waals surface area contributed by atoms with Gasteiger partial charge in [-0.25, -0.2) is 0 Å². The molecular formula is C14H22N2O2. The van der Waals surface area contributed by atoms with Crippen molar-refractivity contribution in [3.05, 3.63) is 35.9 Å². The minimum atomic E-state index is -0.428. The highest BCUT2D eigenvalue weighted by Gasteiger charge is 2.15. The molecule has 1 aromatic rings. The predicted molar refractivity (Wildman–Crippen MR) is 72.1 cm³/mol. The third-order valence-electron chi connectivity index (χ3n) is 2.85. The molecule has 0 bridgehead atoms. The molecular weight excluding hydrogens is 228 g/mol. The third kappa shape index (κ3) is 4.47. The highest BCUT2D eigenvalue weighted by molar-refractivity contribution is 5.81. The van der Waals surface area contributed by atoms with Crippen LogP contribution in [0.3, 0.4) is 0 Å². The molecule has 0 aliphatic heterocycles. The summed E-state index contributed by atoms with van der Waals surface area (Å²) >= 11 is 0. The van der Waals surface area contributed by atoms with Gasteiger partial charge in [0.05, 0.1) is 12.1 Å². The lowest BCUT2D eigenvalue weighted by molar-refractivity contribution is -0.123. The summed E-state index contributed by atoms with van der Waals surface area (Å²) in [5.74, 6) is -0.116. The zero-order chi connectivity index (χ0) is 13.4. The Labute approximate surface area is 109 Å². The van der Waals surface area contributed by atoms with E-state index >= 15 is 0 Å². The topological polar surface area (TPSA) is 64.4 Å². The first-order valence-electron chi connectivity index (χ1n) is 6.30. The molecule has 2 unspecified atom stereocenters. The van der Waals surface area contributed by atoms with Gasteiger partial charge in [0.2, 0.25) is 5.91 Å². The molecule has 0 saturated carbocycles. The van der Waals surface area contributed by atoms with E-state index in [1.807, 2.05) is 37.3 Å². The summed E-state index contributed by atoms with van der Waals surface area (Å²) in [6.07, 6.45) is 1.47. The van der Waals surface area contributed by atoms with Crippen molar-refractivity contribution in [1.29, 1.82) is 0 Å². The van der Waals surface area contributed by atoms with Crippen LogP contribution in [0.4, 0.5) is 0 Å². The maximum atomic E-state index is 11.7. The van der Waals surface area contributed by atoms with E-state index in [4.69, 9.17) is 10.5 Å². The van der Waals surface area contributed by atoms with Gasteiger partial charge in [0, 0.05) is 13.7 Å². The Morgan fingerprint density at radius 2 is 2.06 bits per heavy atom. The van der Waals surface area contributed by atoms with Crippen molar-refractivity contribution in [2.45, 2.75) is 31.9 Å². The van der Waals surface area contributed by atoms with Crippen LogP contribution < -0.4 is 11.1 Å². The largest absolute Gasteiger partial charge is 0.375 e. The molecule has 1 rings (SSSR count). The van der Waals surface area contributed by atoms with Crippen molar-refractivity contribution in [3.63, 3.8) is 0 Å². The molecule has 0 saturated heterocycles. The summed E-state index contributed by atoms with van der Waals surface area (Å²) in [7, 11) is 1.63. The van der Waals surface area contributed by atoms with E-state index in [0.717, 1.165) is 12.0 Å². The first-order chi connectivity index (χ1) is 8.69. The maximum absolute atomic E-state index is 11.7. The van der Waals surface area contributed by atoms with Crippen molar-refractivity contribution in [1.82, 2.24) is 5.32 Å². The molecule has 18 heavy (non-hydrogen) atoms. The van der Waals surface area contributed by atoms with Crippen LogP contribution in [0.5, 0.6) is 0 Å².